The molecular weight excluding hydrogens is 356 g/mol. The van der Waals surface area contributed by atoms with Gasteiger partial charge in [-0.3, -0.25) is 4.79 Å². The van der Waals surface area contributed by atoms with Gasteiger partial charge < -0.3 is 10.2 Å². The summed E-state index contributed by atoms with van der Waals surface area (Å²) in [5.41, 5.74) is 0.516. The average molecular weight is 366 g/mol. The van der Waals surface area contributed by atoms with Crippen LogP contribution in [0.15, 0.2) is 22.7 Å². The maximum absolute atomic E-state index is 11.7. The standard InChI is InChI=1S/C11H10Br2O4/c1-5(12)9(14)6-2-7(4-8(13)3-6)10(15)11(16)17/h2-5,10,15H,1H3,(H,16,17). The van der Waals surface area contributed by atoms with Crippen molar-refractivity contribution in [1.29, 1.82) is 0 Å². The third-order valence-corrected chi connectivity index (χ3v) is 2.99. The van der Waals surface area contributed by atoms with Crippen molar-refractivity contribution in [3.05, 3.63) is 33.8 Å². The minimum absolute atomic E-state index is 0.170. The molecule has 2 atom stereocenters. The lowest BCUT2D eigenvalue weighted by atomic mass is 10.0. The van der Waals surface area contributed by atoms with Gasteiger partial charge in [-0.15, -0.1) is 0 Å². The molecule has 2 unspecified atom stereocenters. The van der Waals surface area contributed by atoms with Gasteiger partial charge in [0, 0.05) is 10.0 Å². The molecule has 1 rings (SSSR count). The van der Waals surface area contributed by atoms with Gasteiger partial charge in [-0.1, -0.05) is 31.9 Å². The van der Waals surface area contributed by atoms with Crippen LogP contribution in [0.4, 0.5) is 0 Å². The van der Waals surface area contributed by atoms with Crippen LogP contribution < -0.4 is 0 Å². The summed E-state index contributed by atoms with van der Waals surface area (Å²) in [6, 6.07) is 4.43. The number of ketones is 1. The summed E-state index contributed by atoms with van der Waals surface area (Å²) in [5, 5.41) is 18.1. The number of hydrogen-bond donors (Lipinski definition) is 2. The van der Waals surface area contributed by atoms with Gasteiger partial charge in [0.25, 0.3) is 0 Å². The van der Waals surface area contributed by atoms with Crippen molar-refractivity contribution < 1.29 is 19.8 Å². The maximum Gasteiger partial charge on any atom is 0.337 e. The number of carboxylic acids is 1. The van der Waals surface area contributed by atoms with E-state index < -0.39 is 12.1 Å². The Hall–Kier alpha value is -0.720. The fourth-order valence-corrected chi connectivity index (χ4v) is 2.06. The Morgan fingerprint density at radius 3 is 2.35 bits per heavy atom. The second kappa shape index (κ2) is 5.75. The van der Waals surface area contributed by atoms with E-state index in [0.717, 1.165) is 0 Å². The molecule has 0 fully saturated rings. The quantitative estimate of drug-likeness (QED) is 0.635. The number of carbonyl (C=O) groups is 2. The molecule has 0 aromatic heterocycles. The van der Waals surface area contributed by atoms with E-state index in [0.29, 0.717) is 10.0 Å². The Labute approximate surface area is 115 Å². The lowest BCUT2D eigenvalue weighted by molar-refractivity contribution is -0.146. The number of carbonyl (C=O) groups excluding carboxylic acids is 1. The number of rotatable bonds is 4. The number of Topliss-reactive ketones (excluding diaryl/α,β-unsaturated/α-hetero) is 1. The molecular formula is C11H10Br2O4. The van der Waals surface area contributed by atoms with Crippen molar-refractivity contribution in [2.24, 2.45) is 0 Å². The number of benzene rings is 1. The highest BCUT2D eigenvalue weighted by Crippen LogP contribution is 2.23. The summed E-state index contributed by atoms with van der Waals surface area (Å²) >= 11 is 6.32. The van der Waals surface area contributed by atoms with Gasteiger partial charge in [-0.25, -0.2) is 4.79 Å². The zero-order valence-electron chi connectivity index (χ0n) is 8.85. The molecule has 4 nitrogen and oxygen atoms in total. The first kappa shape index (κ1) is 14.3. The molecule has 0 radical (unpaired) electrons. The van der Waals surface area contributed by atoms with E-state index in [2.05, 4.69) is 31.9 Å². The Morgan fingerprint density at radius 2 is 1.88 bits per heavy atom. The summed E-state index contributed by atoms with van der Waals surface area (Å²) in [7, 11) is 0. The van der Waals surface area contributed by atoms with Crippen LogP contribution in [-0.4, -0.2) is 26.8 Å². The summed E-state index contributed by atoms with van der Waals surface area (Å²) < 4.78 is 0.548. The zero-order valence-corrected chi connectivity index (χ0v) is 12.0. The second-order valence-electron chi connectivity index (χ2n) is 3.49. The SMILES string of the molecule is CC(Br)C(=O)c1cc(Br)cc(C(O)C(=O)O)c1. The molecule has 6 heteroatoms. The molecule has 0 saturated carbocycles. The third kappa shape index (κ3) is 3.62. The number of halogens is 2. The number of hydrogen-bond acceptors (Lipinski definition) is 3. The molecule has 92 valence electrons. The van der Waals surface area contributed by atoms with E-state index in [1.165, 1.54) is 12.1 Å². The second-order valence-corrected chi connectivity index (χ2v) is 5.78. The average Bonchev–Trinajstić information content (AvgIpc) is 2.25. The topological polar surface area (TPSA) is 74.6 Å². The Kier molecular flexibility index (Phi) is 4.85. The first-order valence-electron chi connectivity index (χ1n) is 4.72. The number of aliphatic hydroxyl groups excluding tert-OH is 1. The minimum atomic E-state index is -1.63. The van der Waals surface area contributed by atoms with E-state index in [1.54, 1.807) is 13.0 Å². The van der Waals surface area contributed by atoms with Crippen molar-refractivity contribution in [2.45, 2.75) is 17.9 Å². The summed E-state index contributed by atoms with van der Waals surface area (Å²) in [6.07, 6.45) is -1.63. The van der Waals surface area contributed by atoms with Crippen molar-refractivity contribution in [1.82, 2.24) is 0 Å². The number of carboxylic acid groups (broad SMARTS) is 1. The number of alkyl halides is 1. The van der Waals surface area contributed by atoms with Crippen molar-refractivity contribution in [2.75, 3.05) is 0 Å². The third-order valence-electron chi connectivity index (χ3n) is 2.12. The first-order valence-corrected chi connectivity index (χ1v) is 6.43. The molecule has 0 aliphatic rings. The highest BCUT2D eigenvalue weighted by molar-refractivity contribution is 9.10. The fourth-order valence-electron chi connectivity index (χ4n) is 1.28. The smallest absolute Gasteiger partial charge is 0.337 e. The normalized spacial score (nSPS) is 14.1. The predicted octanol–water partition coefficient (Wildman–Crippen LogP) is 2.53. The molecule has 1 aromatic carbocycles. The largest absolute Gasteiger partial charge is 0.479 e. The van der Waals surface area contributed by atoms with Crippen LogP contribution in [0.3, 0.4) is 0 Å². The van der Waals surface area contributed by atoms with Crippen LogP contribution in [0.1, 0.15) is 28.9 Å². The van der Waals surface area contributed by atoms with Crippen LogP contribution in [0.25, 0.3) is 0 Å². The van der Waals surface area contributed by atoms with Crippen LogP contribution in [-0.2, 0) is 4.79 Å². The molecule has 0 saturated heterocycles. The van der Waals surface area contributed by atoms with E-state index >= 15 is 0 Å². The van der Waals surface area contributed by atoms with Gasteiger partial charge in [0.2, 0.25) is 0 Å². The van der Waals surface area contributed by atoms with E-state index in [-0.39, 0.29) is 16.2 Å². The van der Waals surface area contributed by atoms with Crippen LogP contribution in [0, 0.1) is 0 Å². The molecule has 0 aliphatic heterocycles. The Morgan fingerprint density at radius 1 is 1.29 bits per heavy atom. The Bertz CT molecular complexity index is 457. The highest BCUT2D eigenvalue weighted by Gasteiger charge is 2.19. The number of aliphatic hydroxyl groups is 1. The van der Waals surface area contributed by atoms with Crippen LogP contribution >= 0.6 is 31.9 Å². The lowest BCUT2D eigenvalue weighted by Gasteiger charge is -2.10. The number of aliphatic carboxylic acids is 1. The zero-order chi connectivity index (χ0) is 13.2. The van der Waals surface area contributed by atoms with Gasteiger partial charge >= 0.3 is 5.97 Å². The predicted molar refractivity (Wildman–Crippen MR) is 69.5 cm³/mol. The molecule has 2 N–H and O–H groups in total. The van der Waals surface area contributed by atoms with Gasteiger partial charge in [0.15, 0.2) is 11.9 Å². The maximum atomic E-state index is 11.7. The van der Waals surface area contributed by atoms with E-state index in [9.17, 15) is 14.7 Å². The van der Waals surface area contributed by atoms with Gasteiger partial charge in [-0.05, 0) is 30.7 Å². The van der Waals surface area contributed by atoms with E-state index in [1.807, 2.05) is 0 Å². The monoisotopic (exact) mass is 364 g/mol. The molecule has 0 bridgehead atoms. The highest BCUT2D eigenvalue weighted by atomic mass is 79.9. The lowest BCUT2D eigenvalue weighted by Crippen LogP contribution is -2.14. The molecule has 0 heterocycles. The summed E-state index contributed by atoms with van der Waals surface area (Å²) in [4.78, 5) is 22.0. The van der Waals surface area contributed by atoms with Gasteiger partial charge in [0.1, 0.15) is 0 Å². The first-order chi connectivity index (χ1) is 7.82. The molecule has 0 aliphatic carbocycles. The molecule has 0 spiro atoms. The molecule has 17 heavy (non-hydrogen) atoms. The summed E-state index contributed by atoms with van der Waals surface area (Å²) in [5.74, 6) is -1.53. The van der Waals surface area contributed by atoms with Gasteiger partial charge in [0.05, 0.1) is 4.83 Å². The van der Waals surface area contributed by atoms with E-state index in [4.69, 9.17) is 5.11 Å². The minimum Gasteiger partial charge on any atom is -0.479 e. The van der Waals surface area contributed by atoms with Gasteiger partial charge in [-0.2, -0.15) is 0 Å². The molecule has 0 amide bonds. The molecule has 1 aromatic rings. The van der Waals surface area contributed by atoms with Crippen LogP contribution in [0.5, 0.6) is 0 Å². The Balaban J connectivity index is 3.19. The van der Waals surface area contributed by atoms with Crippen molar-refractivity contribution >= 4 is 43.6 Å². The van der Waals surface area contributed by atoms with Crippen molar-refractivity contribution in [3.63, 3.8) is 0 Å². The summed E-state index contributed by atoms with van der Waals surface area (Å²) in [6.45, 7) is 1.68. The van der Waals surface area contributed by atoms with Crippen LogP contribution in [0.2, 0.25) is 0 Å². The van der Waals surface area contributed by atoms with Crippen molar-refractivity contribution in [3.8, 4) is 0 Å². The fraction of sp³-hybridized carbons (Fsp3) is 0.273.